The van der Waals surface area contributed by atoms with E-state index in [-0.39, 0.29) is 41.6 Å². The maximum atomic E-state index is 12.6. The zero-order valence-corrected chi connectivity index (χ0v) is 16.3. The van der Waals surface area contributed by atoms with Gasteiger partial charge < -0.3 is 18.9 Å². The number of sulfonamides is 1. The first kappa shape index (κ1) is 21.2. The summed E-state index contributed by atoms with van der Waals surface area (Å²) in [6, 6.07) is 6.22. The van der Waals surface area contributed by atoms with E-state index in [1.165, 1.54) is 45.6 Å². The topological polar surface area (TPSA) is 138 Å². The number of carbonyl (C=O) groups excluding carboxylic acids is 1. The number of aromatic nitrogens is 2. The average molecular weight is 412 g/mol. The van der Waals surface area contributed by atoms with Gasteiger partial charge in [0.05, 0.1) is 26.9 Å². The number of nitrogens with zero attached hydrogens (tertiary/aromatic N) is 2. The maximum Gasteiger partial charge on any atom is 0.335 e. The van der Waals surface area contributed by atoms with E-state index in [1.807, 2.05) is 4.72 Å². The van der Waals surface area contributed by atoms with Crippen molar-refractivity contribution in [2.45, 2.75) is 4.90 Å². The molecule has 0 saturated heterocycles. The van der Waals surface area contributed by atoms with Gasteiger partial charge in [-0.05, 0) is 12.1 Å². The van der Waals surface area contributed by atoms with Gasteiger partial charge in [0.2, 0.25) is 17.7 Å². The molecule has 0 fully saturated rings. The van der Waals surface area contributed by atoms with Crippen molar-refractivity contribution >= 4 is 22.0 Å². The molecule has 1 aromatic carbocycles. The van der Waals surface area contributed by atoms with Crippen molar-refractivity contribution in [2.24, 2.45) is 0 Å². The van der Waals surface area contributed by atoms with Crippen LogP contribution in [0.15, 0.2) is 35.2 Å². The van der Waals surface area contributed by atoms with Crippen molar-refractivity contribution in [1.82, 2.24) is 14.7 Å². The van der Waals surface area contributed by atoms with Crippen LogP contribution >= 0.6 is 0 Å². The summed E-state index contributed by atoms with van der Waals surface area (Å²) in [5, 5.41) is 2.22. The fourth-order valence-corrected chi connectivity index (χ4v) is 3.05. The second-order valence-electron chi connectivity index (χ2n) is 5.12. The highest BCUT2D eigenvalue weighted by Crippen LogP contribution is 2.23. The van der Waals surface area contributed by atoms with Gasteiger partial charge >= 0.3 is 6.03 Å². The number of amides is 2. The van der Waals surface area contributed by atoms with Gasteiger partial charge in [0.1, 0.15) is 17.3 Å². The van der Waals surface area contributed by atoms with Gasteiger partial charge in [-0.15, -0.1) is 0 Å². The summed E-state index contributed by atoms with van der Waals surface area (Å²) in [4.78, 5) is 19.7. The molecule has 152 valence electrons. The second-order valence-corrected chi connectivity index (χ2v) is 6.77. The molecule has 11 nitrogen and oxygen atoms in total. The Balaban J connectivity index is 2.15. The summed E-state index contributed by atoms with van der Waals surface area (Å²) in [6.07, 6.45) is 0. The number of nitrogens with one attached hydrogen (secondary N) is 2. The van der Waals surface area contributed by atoms with Crippen molar-refractivity contribution < 1.29 is 32.2 Å². The SMILES string of the molecule is COCCOc1ccccc1S(=O)(=O)NC(=O)Nc1nc(OC)cc(OC)n1. The molecule has 0 atom stereocenters. The van der Waals surface area contributed by atoms with E-state index in [9.17, 15) is 13.2 Å². The number of benzene rings is 1. The van der Waals surface area contributed by atoms with Crippen LogP contribution in [-0.4, -0.2) is 59.0 Å². The van der Waals surface area contributed by atoms with Crippen molar-refractivity contribution in [1.29, 1.82) is 0 Å². The maximum absolute atomic E-state index is 12.6. The molecule has 2 aromatic rings. The Labute approximate surface area is 162 Å². The minimum Gasteiger partial charge on any atom is -0.490 e. The number of hydrogen-bond acceptors (Lipinski definition) is 9. The molecule has 0 aliphatic carbocycles. The van der Waals surface area contributed by atoms with Gasteiger partial charge in [-0.25, -0.2) is 17.9 Å². The van der Waals surface area contributed by atoms with Crippen molar-refractivity contribution in [3.05, 3.63) is 30.3 Å². The molecule has 0 bridgehead atoms. The van der Waals surface area contributed by atoms with Crippen molar-refractivity contribution in [3.63, 3.8) is 0 Å². The summed E-state index contributed by atoms with van der Waals surface area (Å²) in [6.45, 7) is 0.421. The van der Waals surface area contributed by atoms with Crippen LogP contribution in [0, 0.1) is 0 Å². The third-order valence-corrected chi connectivity index (χ3v) is 4.60. The van der Waals surface area contributed by atoms with Crippen LogP contribution in [0.1, 0.15) is 0 Å². The lowest BCUT2D eigenvalue weighted by molar-refractivity contribution is 0.144. The summed E-state index contributed by atoms with van der Waals surface area (Å²) in [5.74, 6) is 0.136. The number of rotatable bonds is 9. The Hall–Kier alpha value is -3.12. The van der Waals surface area contributed by atoms with E-state index in [0.717, 1.165) is 0 Å². The van der Waals surface area contributed by atoms with Crippen LogP contribution in [0.4, 0.5) is 10.7 Å². The van der Waals surface area contributed by atoms with Crippen LogP contribution in [0.2, 0.25) is 0 Å². The predicted molar refractivity (Wildman–Crippen MR) is 98.3 cm³/mol. The Bertz CT molecular complexity index is 899. The van der Waals surface area contributed by atoms with Crippen LogP contribution in [0.3, 0.4) is 0 Å². The van der Waals surface area contributed by atoms with Crippen LogP contribution in [-0.2, 0) is 14.8 Å². The first-order chi connectivity index (χ1) is 13.4. The van der Waals surface area contributed by atoms with E-state index < -0.39 is 16.1 Å². The Morgan fingerprint density at radius 2 is 1.68 bits per heavy atom. The second kappa shape index (κ2) is 9.71. The molecule has 28 heavy (non-hydrogen) atoms. The standard InChI is InChI=1S/C16H20N4O7S/c1-24-8-9-27-11-6-4-5-7-12(11)28(22,23)20-16(21)19-15-17-13(25-2)10-14(18-15)26-3/h4-7,10H,8-9H2,1-3H3,(H2,17,18,19,20,21). The van der Waals surface area contributed by atoms with Gasteiger partial charge in [-0.1, -0.05) is 12.1 Å². The molecule has 2 amide bonds. The highest BCUT2D eigenvalue weighted by atomic mass is 32.2. The largest absolute Gasteiger partial charge is 0.490 e. The smallest absolute Gasteiger partial charge is 0.335 e. The molecule has 0 aliphatic heterocycles. The summed E-state index contributed by atoms with van der Waals surface area (Å²) >= 11 is 0. The Morgan fingerprint density at radius 1 is 1.04 bits per heavy atom. The average Bonchev–Trinajstić information content (AvgIpc) is 2.67. The molecule has 1 aromatic heterocycles. The van der Waals surface area contributed by atoms with E-state index in [4.69, 9.17) is 18.9 Å². The number of urea groups is 1. The summed E-state index contributed by atoms with van der Waals surface area (Å²) in [5.41, 5.74) is 0. The molecule has 2 N–H and O–H groups in total. The van der Waals surface area contributed by atoms with Crippen LogP contribution in [0.5, 0.6) is 17.5 Å². The molecular weight excluding hydrogens is 392 g/mol. The van der Waals surface area contributed by atoms with Crippen LogP contribution in [0.25, 0.3) is 0 Å². The number of ether oxygens (including phenoxy) is 4. The zero-order chi connectivity index (χ0) is 20.6. The highest BCUT2D eigenvalue weighted by molar-refractivity contribution is 7.90. The van der Waals surface area contributed by atoms with Gasteiger partial charge in [-0.2, -0.15) is 9.97 Å². The van der Waals surface area contributed by atoms with E-state index >= 15 is 0 Å². The first-order valence-electron chi connectivity index (χ1n) is 7.91. The lowest BCUT2D eigenvalue weighted by Gasteiger charge is -2.13. The number of para-hydroxylation sites is 1. The Kier molecular flexibility index (Phi) is 7.35. The summed E-state index contributed by atoms with van der Waals surface area (Å²) < 4.78 is 47.2. The lowest BCUT2D eigenvalue weighted by Crippen LogP contribution is -2.35. The zero-order valence-electron chi connectivity index (χ0n) is 15.5. The molecule has 0 unspecified atom stereocenters. The predicted octanol–water partition coefficient (Wildman–Crippen LogP) is 1.03. The van der Waals surface area contributed by atoms with E-state index in [0.29, 0.717) is 0 Å². The fraction of sp³-hybridized carbons (Fsp3) is 0.312. The molecule has 0 spiro atoms. The van der Waals surface area contributed by atoms with E-state index in [2.05, 4.69) is 15.3 Å². The van der Waals surface area contributed by atoms with Crippen molar-refractivity contribution in [3.8, 4) is 17.5 Å². The molecule has 12 heteroatoms. The first-order valence-corrected chi connectivity index (χ1v) is 9.39. The van der Waals surface area contributed by atoms with Crippen LogP contribution < -0.4 is 24.2 Å². The molecule has 1 heterocycles. The number of hydrogen-bond donors (Lipinski definition) is 2. The third kappa shape index (κ3) is 5.69. The van der Waals surface area contributed by atoms with Gasteiger partial charge in [0.25, 0.3) is 10.0 Å². The molecule has 2 rings (SSSR count). The highest BCUT2D eigenvalue weighted by Gasteiger charge is 2.22. The quantitative estimate of drug-likeness (QED) is 0.578. The molecule has 0 radical (unpaired) electrons. The molecule has 0 aliphatic rings. The Morgan fingerprint density at radius 3 is 2.29 bits per heavy atom. The van der Waals surface area contributed by atoms with Gasteiger partial charge in [-0.3, -0.25) is 5.32 Å². The molecular formula is C16H20N4O7S. The lowest BCUT2D eigenvalue weighted by atomic mass is 10.3. The van der Waals surface area contributed by atoms with E-state index in [1.54, 1.807) is 6.07 Å². The van der Waals surface area contributed by atoms with Gasteiger partial charge in [0, 0.05) is 7.11 Å². The van der Waals surface area contributed by atoms with Crippen molar-refractivity contribution in [2.75, 3.05) is 39.9 Å². The monoisotopic (exact) mass is 412 g/mol. The minimum atomic E-state index is -4.22. The molecule has 0 saturated carbocycles. The normalized spacial score (nSPS) is 10.8. The van der Waals surface area contributed by atoms with Gasteiger partial charge in [0.15, 0.2) is 0 Å². The summed E-state index contributed by atoms with van der Waals surface area (Å²) in [7, 11) is 0.0122. The minimum absolute atomic E-state index is 0.0825. The fourth-order valence-electron chi connectivity index (χ4n) is 2.00. The number of methoxy groups -OCH3 is 3. The number of anilines is 1. The number of carbonyl (C=O) groups is 1. The third-order valence-electron chi connectivity index (χ3n) is 3.23.